The summed E-state index contributed by atoms with van der Waals surface area (Å²) >= 11 is 7.12. The highest BCUT2D eigenvalue weighted by Crippen LogP contribution is 2.43. The first-order valence-corrected chi connectivity index (χ1v) is 15.8. The molecule has 0 spiro atoms. The van der Waals surface area contributed by atoms with E-state index < -0.39 is 6.17 Å². The van der Waals surface area contributed by atoms with Crippen LogP contribution in [0.25, 0.3) is 32.9 Å². The van der Waals surface area contributed by atoms with Gasteiger partial charge in [0.25, 0.3) is 0 Å². The predicted octanol–water partition coefficient (Wildman–Crippen LogP) is 5.90. The van der Waals surface area contributed by atoms with Gasteiger partial charge in [0.05, 0.1) is 28.3 Å². The zero-order chi connectivity index (χ0) is 29.5. The lowest BCUT2D eigenvalue weighted by Crippen LogP contribution is -2.58. The molecule has 0 saturated carbocycles. The molecular weight excluding hydrogens is 565 g/mol. The molecule has 224 valence electrons. The van der Waals surface area contributed by atoms with E-state index >= 15 is 0 Å². The Hall–Kier alpha value is -3.27. The highest BCUT2D eigenvalue weighted by molar-refractivity contribution is 6.35. The summed E-state index contributed by atoms with van der Waals surface area (Å²) in [7, 11) is 0. The van der Waals surface area contributed by atoms with Crippen molar-refractivity contribution in [2.75, 3.05) is 37.7 Å². The lowest BCUT2D eigenvalue weighted by molar-refractivity contribution is 0.107. The van der Waals surface area contributed by atoms with Crippen LogP contribution in [0.3, 0.4) is 0 Å². The van der Waals surface area contributed by atoms with Crippen molar-refractivity contribution in [3.05, 3.63) is 53.2 Å². The molecule has 0 aliphatic carbocycles. The third kappa shape index (κ3) is 4.34. The van der Waals surface area contributed by atoms with Gasteiger partial charge in [0.2, 0.25) is 0 Å². The maximum atomic E-state index is 14.5. The summed E-state index contributed by atoms with van der Waals surface area (Å²) in [5, 5.41) is 13.7. The second kappa shape index (κ2) is 9.87. The molecule has 2 bridgehead atoms. The molecule has 4 aliphatic rings. The van der Waals surface area contributed by atoms with Gasteiger partial charge >= 0.3 is 6.01 Å². The monoisotopic (exact) mass is 601 g/mol. The molecule has 4 aromatic rings. The standard InChI is InChI=1S/C33H37ClFN7O/c1-4-32-8-6-22(39-32)16-41(17-32)30-24-11-26(34)23(29-20(3)19(2)10-28-25(29)14-36-40-28)12-27(24)37-31(38-30)43-18-33-7-5-9-42(33)15-21(35)13-33/h4,10-12,14,21-22,39H,1,5-9,13,15-18H2,2-3H3,(H,36,40). The Balaban J connectivity index is 1.26. The molecule has 4 atom stereocenters. The van der Waals surface area contributed by atoms with Crippen molar-refractivity contribution in [1.29, 1.82) is 0 Å². The number of aromatic nitrogens is 4. The number of alkyl halides is 1. The van der Waals surface area contributed by atoms with Crippen molar-refractivity contribution in [3.63, 3.8) is 0 Å². The van der Waals surface area contributed by atoms with Gasteiger partial charge in [0.1, 0.15) is 18.6 Å². The number of nitrogens with zero attached hydrogens (tertiary/aromatic N) is 5. The van der Waals surface area contributed by atoms with Gasteiger partial charge in [-0.25, -0.2) is 4.39 Å². The maximum absolute atomic E-state index is 14.5. The highest BCUT2D eigenvalue weighted by Gasteiger charge is 2.49. The van der Waals surface area contributed by atoms with E-state index in [-0.39, 0.29) is 11.1 Å². The predicted molar refractivity (Wildman–Crippen MR) is 169 cm³/mol. The average Bonchev–Trinajstić information content (AvgIpc) is 3.75. The number of benzene rings is 2. The number of aromatic amines is 1. The van der Waals surface area contributed by atoms with Crippen LogP contribution in [-0.2, 0) is 0 Å². The molecule has 6 heterocycles. The molecule has 0 radical (unpaired) electrons. The summed E-state index contributed by atoms with van der Waals surface area (Å²) in [6.45, 7) is 11.7. The quantitative estimate of drug-likeness (QED) is 0.267. The zero-order valence-electron chi connectivity index (χ0n) is 24.7. The third-order valence-corrected chi connectivity index (χ3v) is 10.9. The van der Waals surface area contributed by atoms with Gasteiger partial charge in [-0.2, -0.15) is 15.1 Å². The minimum absolute atomic E-state index is 0.153. The number of anilines is 1. The highest BCUT2D eigenvalue weighted by atomic mass is 35.5. The first kappa shape index (κ1) is 27.3. The minimum Gasteiger partial charge on any atom is -0.461 e. The number of H-pyrrole nitrogens is 1. The van der Waals surface area contributed by atoms with Crippen molar-refractivity contribution in [2.45, 2.75) is 69.2 Å². The number of aryl methyl sites for hydroxylation is 1. The Labute approximate surface area is 255 Å². The summed E-state index contributed by atoms with van der Waals surface area (Å²) < 4.78 is 20.9. The Morgan fingerprint density at radius 3 is 2.93 bits per heavy atom. The van der Waals surface area contributed by atoms with Crippen LogP contribution in [-0.4, -0.2) is 81.1 Å². The van der Waals surface area contributed by atoms with Gasteiger partial charge in [-0.05, 0) is 81.0 Å². The molecule has 4 aliphatic heterocycles. The Kier molecular flexibility index (Phi) is 6.27. The van der Waals surface area contributed by atoms with Gasteiger partial charge in [-0.1, -0.05) is 17.7 Å². The van der Waals surface area contributed by atoms with Gasteiger partial charge in [0.15, 0.2) is 0 Å². The molecule has 43 heavy (non-hydrogen) atoms. The van der Waals surface area contributed by atoms with Gasteiger partial charge in [-0.15, -0.1) is 6.58 Å². The van der Waals surface area contributed by atoms with Crippen molar-refractivity contribution in [1.82, 2.24) is 30.4 Å². The van der Waals surface area contributed by atoms with Crippen molar-refractivity contribution in [2.24, 2.45) is 0 Å². The fraction of sp³-hybridized carbons (Fsp3) is 0.485. The Bertz CT molecular complexity index is 1780. The number of halogens is 2. The molecule has 8 rings (SSSR count). The topological polar surface area (TPSA) is 82.2 Å². The molecule has 2 aromatic heterocycles. The van der Waals surface area contributed by atoms with Crippen molar-refractivity contribution < 1.29 is 9.13 Å². The van der Waals surface area contributed by atoms with Crippen LogP contribution in [0.2, 0.25) is 5.02 Å². The summed E-state index contributed by atoms with van der Waals surface area (Å²) in [4.78, 5) is 14.6. The fourth-order valence-electron chi connectivity index (χ4n) is 8.24. The Morgan fingerprint density at radius 1 is 1.19 bits per heavy atom. The molecule has 0 amide bonds. The molecule has 4 unspecified atom stereocenters. The number of hydrogen-bond donors (Lipinski definition) is 2. The van der Waals surface area contributed by atoms with E-state index in [1.54, 1.807) is 0 Å². The number of rotatable bonds is 6. The van der Waals surface area contributed by atoms with E-state index in [2.05, 4.69) is 57.9 Å². The second-order valence-corrected chi connectivity index (χ2v) is 13.6. The SMILES string of the molecule is C=CC12CCC(CN(c3nc(OCC45CCCN4CC(F)C5)nc4cc(-c5c(C)c(C)cc6[nH]ncc56)c(Cl)cc34)C1)N2. The van der Waals surface area contributed by atoms with Crippen LogP contribution in [0.15, 0.2) is 37.1 Å². The Morgan fingerprint density at radius 2 is 2.07 bits per heavy atom. The largest absolute Gasteiger partial charge is 0.461 e. The number of piperazine rings is 1. The first-order chi connectivity index (χ1) is 20.8. The smallest absolute Gasteiger partial charge is 0.319 e. The maximum Gasteiger partial charge on any atom is 0.319 e. The van der Waals surface area contributed by atoms with Gasteiger partial charge < -0.3 is 15.0 Å². The van der Waals surface area contributed by atoms with E-state index in [1.807, 2.05) is 18.3 Å². The molecule has 4 fully saturated rings. The lowest BCUT2D eigenvalue weighted by Gasteiger charge is -2.40. The van der Waals surface area contributed by atoms with Crippen LogP contribution >= 0.6 is 11.6 Å². The second-order valence-electron chi connectivity index (χ2n) is 13.2. The van der Waals surface area contributed by atoms with Crippen molar-refractivity contribution >= 4 is 39.2 Å². The van der Waals surface area contributed by atoms with Crippen LogP contribution < -0.4 is 15.0 Å². The number of nitrogens with one attached hydrogen (secondary N) is 2. The third-order valence-electron chi connectivity index (χ3n) is 10.5. The first-order valence-electron chi connectivity index (χ1n) is 15.4. The molecule has 8 nitrogen and oxygen atoms in total. The van der Waals surface area contributed by atoms with E-state index in [4.69, 9.17) is 26.3 Å². The number of fused-ring (bicyclic) bond motifs is 5. The summed E-state index contributed by atoms with van der Waals surface area (Å²) in [6.07, 6.45) is 7.72. The van der Waals surface area contributed by atoms with Crippen LogP contribution in [0.4, 0.5) is 10.2 Å². The molecule has 4 saturated heterocycles. The van der Waals surface area contributed by atoms with Crippen LogP contribution in [0.1, 0.15) is 43.2 Å². The van der Waals surface area contributed by atoms with Crippen molar-refractivity contribution in [3.8, 4) is 17.1 Å². The summed E-state index contributed by atoms with van der Waals surface area (Å²) in [5.74, 6) is 0.818. The molecular formula is C33H37ClFN7O. The van der Waals surface area contributed by atoms with E-state index in [0.717, 1.165) is 95.2 Å². The zero-order valence-corrected chi connectivity index (χ0v) is 25.5. The number of ether oxygens (including phenoxy) is 1. The molecule has 2 N–H and O–H groups in total. The lowest BCUT2D eigenvalue weighted by atomic mass is 9.93. The van der Waals surface area contributed by atoms with E-state index in [1.165, 1.54) is 0 Å². The minimum atomic E-state index is -0.814. The van der Waals surface area contributed by atoms with Gasteiger partial charge in [0, 0.05) is 53.5 Å². The number of hydrogen-bond acceptors (Lipinski definition) is 7. The molecule has 2 aromatic carbocycles. The van der Waals surface area contributed by atoms with Crippen LogP contribution in [0, 0.1) is 13.8 Å². The van der Waals surface area contributed by atoms with E-state index in [0.29, 0.717) is 36.6 Å². The van der Waals surface area contributed by atoms with Crippen LogP contribution in [0.5, 0.6) is 6.01 Å². The average molecular weight is 602 g/mol. The van der Waals surface area contributed by atoms with E-state index in [9.17, 15) is 4.39 Å². The molecule has 10 heteroatoms. The summed E-state index contributed by atoms with van der Waals surface area (Å²) in [5.41, 5.74) is 5.55. The van der Waals surface area contributed by atoms with Gasteiger partial charge in [-0.3, -0.25) is 10.00 Å². The summed E-state index contributed by atoms with van der Waals surface area (Å²) in [6, 6.07) is 6.87. The fourth-order valence-corrected chi connectivity index (χ4v) is 8.49. The normalized spacial score (nSPS) is 28.7.